The Morgan fingerprint density at radius 1 is 1.32 bits per heavy atom. The van der Waals surface area contributed by atoms with Gasteiger partial charge in [0.1, 0.15) is 0 Å². The molecule has 3 nitrogen and oxygen atoms in total. The van der Waals surface area contributed by atoms with Crippen LogP contribution in [0.5, 0.6) is 0 Å². The first kappa shape index (κ1) is 16.6. The van der Waals surface area contributed by atoms with Gasteiger partial charge in [-0.1, -0.05) is 20.8 Å². The van der Waals surface area contributed by atoms with Crippen molar-refractivity contribution in [2.75, 3.05) is 13.2 Å². The SMILES string of the molecule is CC(C)OCCCCNCc1csc(C(C)(C)C)n1. The predicted octanol–water partition coefficient (Wildman–Crippen LogP) is 3.74. The minimum atomic E-state index is 0.164. The molecule has 110 valence electrons. The molecule has 1 rings (SSSR count). The fraction of sp³-hybridized carbons (Fsp3) is 0.800. The second-order valence-electron chi connectivity index (χ2n) is 6.20. The fourth-order valence-corrected chi connectivity index (χ4v) is 2.53. The molecule has 1 aromatic rings. The summed E-state index contributed by atoms with van der Waals surface area (Å²) in [5.74, 6) is 0. The number of nitrogens with one attached hydrogen (secondary N) is 1. The van der Waals surface area contributed by atoms with Crippen LogP contribution in [0.3, 0.4) is 0 Å². The summed E-state index contributed by atoms with van der Waals surface area (Å²) >= 11 is 1.76. The molecule has 0 amide bonds. The second kappa shape index (κ2) is 7.98. The van der Waals surface area contributed by atoms with Crippen molar-refractivity contribution in [1.29, 1.82) is 0 Å². The zero-order valence-corrected chi connectivity index (χ0v) is 13.8. The van der Waals surface area contributed by atoms with Crippen LogP contribution in [-0.2, 0) is 16.7 Å². The first-order valence-corrected chi connectivity index (χ1v) is 8.05. The first-order chi connectivity index (χ1) is 8.89. The Kier molecular flexibility index (Phi) is 6.97. The van der Waals surface area contributed by atoms with E-state index in [9.17, 15) is 0 Å². The average Bonchev–Trinajstić information content (AvgIpc) is 2.75. The quantitative estimate of drug-likeness (QED) is 0.739. The smallest absolute Gasteiger partial charge is 0.0982 e. The maximum Gasteiger partial charge on any atom is 0.0982 e. The lowest BCUT2D eigenvalue weighted by Gasteiger charge is -2.13. The van der Waals surface area contributed by atoms with Gasteiger partial charge in [0.25, 0.3) is 0 Å². The Hall–Kier alpha value is -0.450. The number of hydrogen-bond acceptors (Lipinski definition) is 4. The molecular weight excluding hydrogens is 256 g/mol. The molecule has 19 heavy (non-hydrogen) atoms. The Bertz CT molecular complexity index is 355. The van der Waals surface area contributed by atoms with Crippen LogP contribution >= 0.6 is 11.3 Å². The molecule has 0 radical (unpaired) electrons. The summed E-state index contributed by atoms with van der Waals surface area (Å²) in [6, 6.07) is 0. The van der Waals surface area contributed by atoms with E-state index in [-0.39, 0.29) is 5.41 Å². The third-order valence-electron chi connectivity index (χ3n) is 2.70. The maximum absolute atomic E-state index is 5.51. The highest BCUT2D eigenvalue weighted by atomic mass is 32.1. The van der Waals surface area contributed by atoms with E-state index in [0.29, 0.717) is 6.10 Å². The van der Waals surface area contributed by atoms with Crippen LogP contribution in [0.15, 0.2) is 5.38 Å². The van der Waals surface area contributed by atoms with E-state index in [1.165, 1.54) is 5.01 Å². The highest BCUT2D eigenvalue weighted by Crippen LogP contribution is 2.25. The number of ether oxygens (including phenoxy) is 1. The lowest BCUT2D eigenvalue weighted by Crippen LogP contribution is -2.16. The summed E-state index contributed by atoms with van der Waals surface area (Å²) in [7, 11) is 0. The van der Waals surface area contributed by atoms with Crippen LogP contribution in [0.2, 0.25) is 0 Å². The lowest BCUT2D eigenvalue weighted by molar-refractivity contribution is 0.0760. The van der Waals surface area contributed by atoms with Gasteiger partial charge in [0.2, 0.25) is 0 Å². The van der Waals surface area contributed by atoms with Gasteiger partial charge in [-0.2, -0.15) is 0 Å². The van der Waals surface area contributed by atoms with Crippen molar-refractivity contribution in [3.63, 3.8) is 0 Å². The highest BCUT2D eigenvalue weighted by Gasteiger charge is 2.17. The summed E-state index contributed by atoms with van der Waals surface area (Å²) in [6.07, 6.45) is 2.62. The molecule has 0 aliphatic carbocycles. The lowest BCUT2D eigenvalue weighted by atomic mass is 9.98. The molecule has 0 saturated heterocycles. The van der Waals surface area contributed by atoms with Crippen LogP contribution in [0.1, 0.15) is 58.2 Å². The first-order valence-electron chi connectivity index (χ1n) is 7.17. The van der Waals surface area contributed by atoms with Crippen molar-refractivity contribution in [1.82, 2.24) is 10.3 Å². The largest absolute Gasteiger partial charge is 0.379 e. The van der Waals surface area contributed by atoms with Crippen molar-refractivity contribution in [2.24, 2.45) is 0 Å². The molecule has 0 unspecified atom stereocenters. The van der Waals surface area contributed by atoms with Gasteiger partial charge < -0.3 is 10.1 Å². The molecule has 0 bridgehead atoms. The average molecular weight is 284 g/mol. The predicted molar refractivity (Wildman–Crippen MR) is 82.8 cm³/mol. The number of rotatable bonds is 8. The maximum atomic E-state index is 5.51. The van der Waals surface area contributed by atoms with Crippen LogP contribution < -0.4 is 5.32 Å². The van der Waals surface area contributed by atoms with Gasteiger partial charge in [-0.05, 0) is 33.2 Å². The van der Waals surface area contributed by atoms with Gasteiger partial charge >= 0.3 is 0 Å². The Balaban J connectivity index is 2.11. The van der Waals surface area contributed by atoms with Gasteiger partial charge in [0.05, 0.1) is 16.8 Å². The molecule has 0 spiro atoms. The van der Waals surface area contributed by atoms with E-state index in [1.807, 2.05) is 0 Å². The zero-order valence-electron chi connectivity index (χ0n) is 13.0. The number of unbranched alkanes of at least 4 members (excludes halogenated alkanes) is 1. The van der Waals surface area contributed by atoms with E-state index >= 15 is 0 Å². The fourth-order valence-electron chi connectivity index (χ4n) is 1.62. The summed E-state index contributed by atoms with van der Waals surface area (Å²) in [5, 5.41) is 6.82. The van der Waals surface area contributed by atoms with Crippen molar-refractivity contribution in [3.05, 3.63) is 16.1 Å². The molecule has 1 heterocycles. The minimum Gasteiger partial charge on any atom is -0.379 e. The third-order valence-corrected chi connectivity index (χ3v) is 4.02. The number of thiazole rings is 1. The molecule has 0 aliphatic heterocycles. The topological polar surface area (TPSA) is 34.1 Å². The molecule has 0 fully saturated rings. The monoisotopic (exact) mass is 284 g/mol. The summed E-state index contributed by atoms with van der Waals surface area (Å²) in [6.45, 7) is 13.5. The number of nitrogens with zero attached hydrogens (tertiary/aromatic N) is 1. The normalized spacial score (nSPS) is 12.3. The Labute approximate surface area is 121 Å². The number of hydrogen-bond donors (Lipinski definition) is 1. The van der Waals surface area contributed by atoms with Crippen molar-refractivity contribution in [3.8, 4) is 0 Å². The van der Waals surface area contributed by atoms with E-state index in [2.05, 4.69) is 50.3 Å². The molecular formula is C15H28N2OS. The van der Waals surface area contributed by atoms with E-state index in [0.717, 1.165) is 38.2 Å². The van der Waals surface area contributed by atoms with Gasteiger partial charge in [0, 0.05) is 23.9 Å². The Morgan fingerprint density at radius 3 is 2.63 bits per heavy atom. The molecule has 0 aliphatic rings. The molecule has 1 aromatic heterocycles. The highest BCUT2D eigenvalue weighted by molar-refractivity contribution is 7.09. The van der Waals surface area contributed by atoms with E-state index < -0.39 is 0 Å². The van der Waals surface area contributed by atoms with Gasteiger partial charge in [-0.25, -0.2) is 4.98 Å². The standard InChI is InChI=1S/C15H28N2OS/c1-12(2)18-9-7-6-8-16-10-13-11-19-14(17-13)15(3,4)5/h11-12,16H,6-10H2,1-5H3. The molecule has 0 atom stereocenters. The molecule has 0 aromatic carbocycles. The van der Waals surface area contributed by atoms with Crippen LogP contribution in [0.25, 0.3) is 0 Å². The van der Waals surface area contributed by atoms with E-state index in [1.54, 1.807) is 11.3 Å². The summed E-state index contributed by atoms with van der Waals surface area (Å²) < 4.78 is 5.51. The minimum absolute atomic E-state index is 0.164. The van der Waals surface area contributed by atoms with Crippen molar-refractivity contribution < 1.29 is 4.74 Å². The van der Waals surface area contributed by atoms with Crippen molar-refractivity contribution >= 4 is 11.3 Å². The van der Waals surface area contributed by atoms with Gasteiger partial charge in [-0.15, -0.1) is 11.3 Å². The summed E-state index contributed by atoms with van der Waals surface area (Å²) in [4.78, 5) is 4.67. The van der Waals surface area contributed by atoms with Crippen molar-refractivity contribution in [2.45, 2.75) is 65.5 Å². The van der Waals surface area contributed by atoms with Gasteiger partial charge in [0.15, 0.2) is 0 Å². The molecule has 0 saturated carbocycles. The van der Waals surface area contributed by atoms with Crippen LogP contribution in [0.4, 0.5) is 0 Å². The Morgan fingerprint density at radius 2 is 2.05 bits per heavy atom. The van der Waals surface area contributed by atoms with Crippen LogP contribution in [0, 0.1) is 0 Å². The molecule has 1 N–H and O–H groups in total. The third kappa shape index (κ3) is 7.04. The van der Waals surface area contributed by atoms with Crippen LogP contribution in [-0.4, -0.2) is 24.2 Å². The number of aromatic nitrogens is 1. The van der Waals surface area contributed by atoms with E-state index in [4.69, 9.17) is 4.74 Å². The molecule has 4 heteroatoms. The second-order valence-corrected chi connectivity index (χ2v) is 7.06. The van der Waals surface area contributed by atoms with Gasteiger partial charge in [-0.3, -0.25) is 0 Å². The zero-order chi connectivity index (χ0) is 14.3. The summed E-state index contributed by atoms with van der Waals surface area (Å²) in [5.41, 5.74) is 1.32.